The van der Waals surface area contributed by atoms with Gasteiger partial charge in [0.25, 0.3) is 0 Å². The zero-order valence-corrected chi connectivity index (χ0v) is 26.2. The van der Waals surface area contributed by atoms with Crippen molar-refractivity contribution in [2.45, 2.75) is 70.0 Å². The maximum absolute atomic E-state index is 13.6. The zero-order valence-electron chi connectivity index (χ0n) is 26.2. The predicted molar refractivity (Wildman–Crippen MR) is 173 cm³/mol. The summed E-state index contributed by atoms with van der Waals surface area (Å²) in [7, 11) is 1.88. The minimum Gasteiger partial charge on any atom is -0.376 e. The van der Waals surface area contributed by atoms with E-state index >= 15 is 0 Å². The smallest absolute Gasteiger partial charge is 0.229 e. The third kappa shape index (κ3) is 8.42. The number of nitriles is 1. The van der Waals surface area contributed by atoms with Gasteiger partial charge in [0.2, 0.25) is 11.9 Å². The van der Waals surface area contributed by atoms with Crippen LogP contribution in [-0.2, 0) is 23.1 Å². The number of nitrogens with zero attached hydrogens (tertiary/aromatic N) is 6. The van der Waals surface area contributed by atoms with Crippen molar-refractivity contribution in [1.82, 2.24) is 30.0 Å². The van der Waals surface area contributed by atoms with Gasteiger partial charge < -0.3 is 20.7 Å². The molecule has 5 rings (SSSR count). The first-order chi connectivity index (χ1) is 21.9. The molecule has 11 nitrogen and oxygen atoms in total. The zero-order chi connectivity index (χ0) is 31.6. The molecule has 1 aromatic carbocycles. The number of pyridine rings is 1. The van der Waals surface area contributed by atoms with E-state index in [1.165, 1.54) is 0 Å². The van der Waals surface area contributed by atoms with Gasteiger partial charge in [0, 0.05) is 43.2 Å². The third-order valence-corrected chi connectivity index (χ3v) is 7.99. The molecule has 0 unspecified atom stereocenters. The molecule has 0 radical (unpaired) electrons. The van der Waals surface area contributed by atoms with E-state index in [1.54, 1.807) is 17.1 Å². The highest BCUT2D eigenvalue weighted by Gasteiger charge is 2.34. The summed E-state index contributed by atoms with van der Waals surface area (Å²) in [5.74, 6) is 0.544. The van der Waals surface area contributed by atoms with E-state index in [1.807, 2.05) is 68.8 Å². The molecule has 1 aliphatic heterocycles. The van der Waals surface area contributed by atoms with Crippen molar-refractivity contribution < 1.29 is 9.53 Å². The molecule has 3 N–H and O–H groups in total. The fourth-order valence-corrected chi connectivity index (χ4v) is 5.46. The van der Waals surface area contributed by atoms with Crippen molar-refractivity contribution in [2.24, 2.45) is 7.05 Å². The van der Waals surface area contributed by atoms with Crippen LogP contribution in [0.2, 0.25) is 0 Å². The molecule has 1 saturated heterocycles. The van der Waals surface area contributed by atoms with Gasteiger partial charge in [-0.25, -0.2) is 4.98 Å². The number of amides is 1. The molecule has 0 spiro atoms. The Labute approximate surface area is 264 Å². The van der Waals surface area contributed by atoms with Gasteiger partial charge in [-0.2, -0.15) is 15.3 Å². The second kappa shape index (κ2) is 14.8. The van der Waals surface area contributed by atoms with Crippen molar-refractivity contribution in [3.63, 3.8) is 0 Å². The third-order valence-electron chi connectivity index (χ3n) is 7.99. The number of aromatic nitrogens is 5. The standard InChI is InChI=1S/C34H41N9O2/c1-4-9-28(40-33-38-19-26(16-35)31(41-33)42-34(2)22-45-23-34)12-8-13-29(32(44)37-17-24-10-6-5-7-11-24)30-15-14-25(18-36-30)27-20-39-43(3)21-27/h5-7,10-11,14-15,18-21,28-29H,4,8-9,12-13,17,22-23H2,1-3H3,(H,37,44)(H2,38,40,41,42)/t28-,29-/m0/s1. The van der Waals surface area contributed by atoms with Crippen LogP contribution in [0.5, 0.6) is 0 Å². The summed E-state index contributed by atoms with van der Waals surface area (Å²) in [5, 5.41) is 23.8. The highest BCUT2D eigenvalue weighted by Crippen LogP contribution is 2.27. The molecule has 45 heavy (non-hydrogen) atoms. The second-order valence-corrected chi connectivity index (χ2v) is 11.9. The van der Waals surface area contributed by atoms with E-state index < -0.39 is 5.92 Å². The van der Waals surface area contributed by atoms with Gasteiger partial charge in [0.05, 0.1) is 42.8 Å². The maximum Gasteiger partial charge on any atom is 0.229 e. The second-order valence-electron chi connectivity index (χ2n) is 11.9. The first-order valence-corrected chi connectivity index (χ1v) is 15.5. The van der Waals surface area contributed by atoms with Crippen LogP contribution in [0.4, 0.5) is 11.8 Å². The van der Waals surface area contributed by atoms with Crippen LogP contribution in [-0.4, -0.2) is 55.4 Å². The summed E-state index contributed by atoms with van der Waals surface area (Å²) in [6.45, 7) is 5.77. The Bertz CT molecular complexity index is 1590. The van der Waals surface area contributed by atoms with Crippen molar-refractivity contribution in [3.8, 4) is 17.2 Å². The molecule has 1 aliphatic rings. The van der Waals surface area contributed by atoms with Gasteiger partial charge in [-0.3, -0.25) is 14.5 Å². The number of carbonyl (C=O) groups is 1. The summed E-state index contributed by atoms with van der Waals surface area (Å²) in [5.41, 5.74) is 3.87. The van der Waals surface area contributed by atoms with Gasteiger partial charge in [0.15, 0.2) is 0 Å². The lowest BCUT2D eigenvalue weighted by Crippen LogP contribution is -2.53. The molecule has 2 atom stereocenters. The maximum atomic E-state index is 13.6. The van der Waals surface area contributed by atoms with E-state index in [0.29, 0.717) is 43.5 Å². The Kier molecular flexibility index (Phi) is 10.4. The molecular formula is C34H41N9O2. The number of benzene rings is 1. The van der Waals surface area contributed by atoms with Gasteiger partial charge in [-0.05, 0) is 37.8 Å². The summed E-state index contributed by atoms with van der Waals surface area (Å²) in [6, 6.07) is 16.1. The molecule has 1 fully saturated rings. The number of rotatable bonds is 15. The number of hydrogen-bond donors (Lipinski definition) is 3. The van der Waals surface area contributed by atoms with E-state index in [9.17, 15) is 10.1 Å². The largest absolute Gasteiger partial charge is 0.376 e. The van der Waals surface area contributed by atoms with Gasteiger partial charge in [-0.15, -0.1) is 0 Å². The Morgan fingerprint density at radius 2 is 1.89 bits per heavy atom. The average molecular weight is 608 g/mol. The normalized spacial score (nSPS) is 14.9. The SMILES string of the molecule is CCC[C@@H](CCC[C@H](C(=O)NCc1ccccc1)c1ccc(-c2cnn(C)c2)cn1)Nc1ncc(C#N)c(NC2(C)COC2)n1. The lowest BCUT2D eigenvalue weighted by molar-refractivity contribution is -0.123. The molecule has 0 aliphatic carbocycles. The van der Waals surface area contributed by atoms with E-state index in [0.717, 1.165) is 48.1 Å². The quantitative estimate of drug-likeness (QED) is 0.166. The Morgan fingerprint density at radius 1 is 1.07 bits per heavy atom. The highest BCUT2D eigenvalue weighted by molar-refractivity contribution is 5.83. The van der Waals surface area contributed by atoms with Crippen LogP contribution in [0.25, 0.3) is 11.1 Å². The molecule has 4 aromatic rings. The van der Waals surface area contributed by atoms with Gasteiger partial charge >= 0.3 is 0 Å². The Morgan fingerprint density at radius 3 is 2.53 bits per heavy atom. The molecule has 4 heterocycles. The fraction of sp³-hybridized carbons (Fsp3) is 0.412. The lowest BCUT2D eigenvalue weighted by atomic mass is 9.93. The van der Waals surface area contributed by atoms with Gasteiger partial charge in [-0.1, -0.05) is 56.2 Å². The van der Waals surface area contributed by atoms with Crippen molar-refractivity contribution in [2.75, 3.05) is 23.8 Å². The average Bonchev–Trinajstić information content (AvgIpc) is 3.48. The molecular weight excluding hydrogens is 566 g/mol. The number of hydrogen-bond acceptors (Lipinski definition) is 9. The summed E-state index contributed by atoms with van der Waals surface area (Å²) in [6.07, 6.45) is 11.3. The highest BCUT2D eigenvalue weighted by atomic mass is 16.5. The first kappa shape index (κ1) is 31.6. The molecule has 234 valence electrons. The van der Waals surface area contributed by atoms with Crippen LogP contribution in [0.1, 0.15) is 68.7 Å². The van der Waals surface area contributed by atoms with Crippen LogP contribution in [0.3, 0.4) is 0 Å². The Balaban J connectivity index is 1.26. The van der Waals surface area contributed by atoms with Crippen LogP contribution in [0, 0.1) is 11.3 Å². The van der Waals surface area contributed by atoms with Crippen molar-refractivity contribution in [1.29, 1.82) is 5.26 Å². The number of aryl methyl sites for hydroxylation is 1. The number of anilines is 2. The number of ether oxygens (including phenoxy) is 1. The fourth-order valence-electron chi connectivity index (χ4n) is 5.46. The molecule has 0 bridgehead atoms. The summed E-state index contributed by atoms with van der Waals surface area (Å²) in [4.78, 5) is 27.4. The van der Waals surface area contributed by atoms with Crippen LogP contribution < -0.4 is 16.0 Å². The first-order valence-electron chi connectivity index (χ1n) is 15.5. The lowest BCUT2D eigenvalue weighted by Gasteiger charge is -2.39. The van der Waals surface area contributed by atoms with Gasteiger partial charge in [0.1, 0.15) is 17.5 Å². The van der Waals surface area contributed by atoms with Crippen LogP contribution in [0.15, 0.2) is 67.3 Å². The minimum atomic E-state index is -0.397. The van der Waals surface area contributed by atoms with E-state index in [2.05, 4.69) is 44.0 Å². The topological polar surface area (TPSA) is 143 Å². The van der Waals surface area contributed by atoms with Crippen LogP contribution >= 0.6 is 0 Å². The summed E-state index contributed by atoms with van der Waals surface area (Å²) >= 11 is 0. The summed E-state index contributed by atoms with van der Waals surface area (Å²) < 4.78 is 7.10. The Hall–Kier alpha value is -4.82. The molecule has 1 amide bonds. The van der Waals surface area contributed by atoms with E-state index in [-0.39, 0.29) is 17.5 Å². The van der Waals surface area contributed by atoms with E-state index in [4.69, 9.17) is 9.72 Å². The molecule has 3 aromatic heterocycles. The van der Waals surface area contributed by atoms with Crippen molar-refractivity contribution in [3.05, 3.63) is 84.1 Å². The minimum absolute atomic E-state index is 0.0416. The predicted octanol–water partition coefficient (Wildman–Crippen LogP) is 5.20. The van der Waals surface area contributed by atoms with Crippen molar-refractivity contribution >= 4 is 17.7 Å². The monoisotopic (exact) mass is 607 g/mol. The number of carbonyl (C=O) groups excluding carboxylic acids is 1. The molecule has 0 saturated carbocycles. The number of nitrogens with one attached hydrogen (secondary N) is 3. The molecule has 11 heteroatoms.